The first-order chi connectivity index (χ1) is 11.6. The molecule has 1 aromatic carbocycles. The molecule has 2 fully saturated rings. The number of hydrogen-bond acceptors (Lipinski definition) is 3. The van der Waals surface area contributed by atoms with Gasteiger partial charge in [-0.25, -0.2) is 4.79 Å². The van der Waals surface area contributed by atoms with E-state index in [1.54, 1.807) is 29.2 Å². The first-order valence-electron chi connectivity index (χ1n) is 8.36. The van der Waals surface area contributed by atoms with E-state index in [0.29, 0.717) is 30.2 Å². The van der Waals surface area contributed by atoms with E-state index in [1.807, 2.05) is 0 Å². The molecule has 2 aliphatic rings. The fraction of sp³-hybridized carbons (Fsp3) is 0.529. The number of amides is 3. The SMILES string of the molecule is O=C(NC[C@@H]1CCCO1)[C@H]1CCCN1C(=O)Nc1ccccc1Cl. The monoisotopic (exact) mass is 351 g/mol. The van der Waals surface area contributed by atoms with Gasteiger partial charge in [-0.3, -0.25) is 4.79 Å². The van der Waals surface area contributed by atoms with Crippen LogP contribution < -0.4 is 10.6 Å². The molecule has 0 saturated carbocycles. The van der Waals surface area contributed by atoms with Crippen LogP contribution in [0.5, 0.6) is 0 Å². The number of rotatable bonds is 4. The lowest BCUT2D eigenvalue weighted by Gasteiger charge is -2.25. The van der Waals surface area contributed by atoms with Crippen molar-refractivity contribution in [3.05, 3.63) is 29.3 Å². The van der Waals surface area contributed by atoms with E-state index in [4.69, 9.17) is 16.3 Å². The average molecular weight is 352 g/mol. The van der Waals surface area contributed by atoms with Gasteiger partial charge in [-0.2, -0.15) is 0 Å². The van der Waals surface area contributed by atoms with Crippen molar-refractivity contribution >= 4 is 29.2 Å². The van der Waals surface area contributed by atoms with Gasteiger partial charge in [-0.05, 0) is 37.8 Å². The predicted molar refractivity (Wildman–Crippen MR) is 92.2 cm³/mol. The zero-order valence-corrected chi connectivity index (χ0v) is 14.2. The van der Waals surface area contributed by atoms with E-state index in [1.165, 1.54) is 0 Å². The lowest BCUT2D eigenvalue weighted by atomic mass is 10.2. The number of urea groups is 1. The molecule has 2 saturated heterocycles. The Labute approximate surface area is 146 Å². The summed E-state index contributed by atoms with van der Waals surface area (Å²) in [6.45, 7) is 1.83. The number of nitrogens with zero attached hydrogens (tertiary/aromatic N) is 1. The highest BCUT2D eigenvalue weighted by Crippen LogP contribution is 2.23. The number of para-hydroxylation sites is 1. The fourth-order valence-electron chi connectivity index (χ4n) is 3.17. The van der Waals surface area contributed by atoms with Crippen molar-refractivity contribution in [2.75, 3.05) is 25.0 Å². The second kappa shape index (κ2) is 7.85. The molecular formula is C17H22ClN3O3. The largest absolute Gasteiger partial charge is 0.376 e. The van der Waals surface area contributed by atoms with Crippen LogP contribution in [0.2, 0.25) is 5.02 Å². The normalized spacial score (nSPS) is 23.3. The maximum absolute atomic E-state index is 12.5. The lowest BCUT2D eigenvalue weighted by Crippen LogP contribution is -2.48. The van der Waals surface area contributed by atoms with Crippen LogP contribution in [-0.2, 0) is 9.53 Å². The molecule has 130 valence electrons. The fourth-order valence-corrected chi connectivity index (χ4v) is 3.35. The molecule has 2 N–H and O–H groups in total. The van der Waals surface area contributed by atoms with Crippen LogP contribution in [-0.4, -0.2) is 48.7 Å². The quantitative estimate of drug-likeness (QED) is 0.876. The Kier molecular flexibility index (Phi) is 5.58. The standard InChI is InChI=1S/C17H22ClN3O3/c18-13-6-1-2-7-14(13)20-17(23)21-9-3-8-15(21)16(22)19-11-12-5-4-10-24-12/h1-2,6-7,12,15H,3-5,8-11H2,(H,19,22)(H,20,23)/t12-,15+/m0/s1. The number of halogens is 1. The summed E-state index contributed by atoms with van der Waals surface area (Å²) < 4.78 is 5.51. The Morgan fingerprint density at radius 1 is 1.25 bits per heavy atom. The Morgan fingerprint density at radius 2 is 2.08 bits per heavy atom. The van der Waals surface area contributed by atoms with Gasteiger partial charge in [0.05, 0.1) is 16.8 Å². The Balaban J connectivity index is 1.56. The van der Waals surface area contributed by atoms with Crippen LogP contribution in [0.25, 0.3) is 0 Å². The molecule has 0 aromatic heterocycles. The smallest absolute Gasteiger partial charge is 0.322 e. The third kappa shape index (κ3) is 3.99. The van der Waals surface area contributed by atoms with Crippen LogP contribution in [0.3, 0.4) is 0 Å². The van der Waals surface area contributed by atoms with E-state index in [9.17, 15) is 9.59 Å². The third-order valence-electron chi connectivity index (χ3n) is 4.46. The molecule has 0 unspecified atom stereocenters. The minimum atomic E-state index is -0.436. The number of hydrogen-bond donors (Lipinski definition) is 2. The number of carbonyl (C=O) groups excluding carboxylic acids is 2. The highest BCUT2D eigenvalue weighted by Gasteiger charge is 2.34. The molecule has 7 heteroatoms. The molecule has 24 heavy (non-hydrogen) atoms. The highest BCUT2D eigenvalue weighted by atomic mass is 35.5. The van der Waals surface area contributed by atoms with Crippen molar-refractivity contribution in [3.8, 4) is 0 Å². The molecule has 2 aliphatic heterocycles. The summed E-state index contributed by atoms with van der Waals surface area (Å²) in [6.07, 6.45) is 3.60. The molecule has 3 amide bonds. The van der Waals surface area contributed by atoms with Gasteiger partial charge >= 0.3 is 6.03 Å². The van der Waals surface area contributed by atoms with Crippen molar-refractivity contribution in [3.63, 3.8) is 0 Å². The average Bonchev–Trinajstić information content (AvgIpc) is 3.26. The molecule has 6 nitrogen and oxygen atoms in total. The first kappa shape index (κ1) is 17.0. The van der Waals surface area contributed by atoms with E-state index < -0.39 is 6.04 Å². The number of carbonyl (C=O) groups is 2. The summed E-state index contributed by atoms with van der Waals surface area (Å²) in [5.74, 6) is -0.114. The molecule has 2 atom stereocenters. The third-order valence-corrected chi connectivity index (χ3v) is 4.79. The van der Waals surface area contributed by atoms with Crippen molar-refractivity contribution in [2.45, 2.75) is 37.8 Å². The van der Waals surface area contributed by atoms with Crippen LogP contribution in [0.15, 0.2) is 24.3 Å². The molecular weight excluding hydrogens is 330 g/mol. The van der Waals surface area contributed by atoms with Gasteiger partial charge in [0, 0.05) is 19.7 Å². The van der Waals surface area contributed by atoms with Gasteiger partial charge in [0.1, 0.15) is 6.04 Å². The molecule has 0 aliphatic carbocycles. The lowest BCUT2D eigenvalue weighted by molar-refractivity contribution is -0.125. The summed E-state index contributed by atoms with van der Waals surface area (Å²) in [5, 5.41) is 6.18. The molecule has 0 spiro atoms. The van der Waals surface area contributed by atoms with Gasteiger partial charge in [-0.1, -0.05) is 23.7 Å². The minimum absolute atomic E-state index is 0.0979. The van der Waals surface area contributed by atoms with Crippen molar-refractivity contribution in [1.29, 1.82) is 0 Å². The second-order valence-electron chi connectivity index (χ2n) is 6.14. The van der Waals surface area contributed by atoms with Gasteiger partial charge in [-0.15, -0.1) is 0 Å². The number of nitrogens with one attached hydrogen (secondary N) is 2. The predicted octanol–water partition coefficient (Wildman–Crippen LogP) is 2.63. The van der Waals surface area contributed by atoms with E-state index in [2.05, 4.69) is 10.6 Å². The Bertz CT molecular complexity index is 604. The molecule has 0 radical (unpaired) electrons. The van der Waals surface area contributed by atoms with Crippen LogP contribution in [0.1, 0.15) is 25.7 Å². The van der Waals surface area contributed by atoms with Crippen molar-refractivity contribution in [2.24, 2.45) is 0 Å². The molecule has 3 rings (SSSR count). The van der Waals surface area contributed by atoms with E-state index in [0.717, 1.165) is 25.9 Å². The van der Waals surface area contributed by atoms with Crippen molar-refractivity contribution in [1.82, 2.24) is 10.2 Å². The van der Waals surface area contributed by atoms with E-state index >= 15 is 0 Å². The van der Waals surface area contributed by atoms with E-state index in [-0.39, 0.29) is 18.0 Å². The highest BCUT2D eigenvalue weighted by molar-refractivity contribution is 6.33. The summed E-state index contributed by atoms with van der Waals surface area (Å²) >= 11 is 6.07. The summed E-state index contributed by atoms with van der Waals surface area (Å²) in [6, 6.07) is 6.33. The number of ether oxygens (including phenoxy) is 1. The number of benzene rings is 1. The summed E-state index contributed by atoms with van der Waals surface area (Å²) in [5.41, 5.74) is 0.551. The Morgan fingerprint density at radius 3 is 2.83 bits per heavy atom. The maximum Gasteiger partial charge on any atom is 0.322 e. The van der Waals surface area contributed by atoms with Gasteiger partial charge in [0.2, 0.25) is 5.91 Å². The number of likely N-dealkylation sites (tertiary alicyclic amines) is 1. The number of anilines is 1. The maximum atomic E-state index is 12.5. The van der Waals surface area contributed by atoms with Gasteiger partial charge < -0.3 is 20.3 Å². The topological polar surface area (TPSA) is 70.7 Å². The van der Waals surface area contributed by atoms with Crippen LogP contribution in [0.4, 0.5) is 10.5 Å². The summed E-state index contributed by atoms with van der Waals surface area (Å²) in [7, 11) is 0. The minimum Gasteiger partial charge on any atom is -0.376 e. The first-order valence-corrected chi connectivity index (χ1v) is 8.74. The van der Waals surface area contributed by atoms with Crippen LogP contribution >= 0.6 is 11.6 Å². The van der Waals surface area contributed by atoms with Gasteiger partial charge in [0.25, 0.3) is 0 Å². The summed E-state index contributed by atoms with van der Waals surface area (Å²) in [4.78, 5) is 26.5. The van der Waals surface area contributed by atoms with Crippen LogP contribution in [0, 0.1) is 0 Å². The zero-order chi connectivity index (χ0) is 16.9. The zero-order valence-electron chi connectivity index (χ0n) is 13.5. The van der Waals surface area contributed by atoms with Gasteiger partial charge in [0.15, 0.2) is 0 Å². The second-order valence-corrected chi connectivity index (χ2v) is 6.55. The Hall–Kier alpha value is -1.79. The molecule has 2 heterocycles. The molecule has 0 bridgehead atoms. The molecule has 1 aromatic rings. The van der Waals surface area contributed by atoms with Crippen molar-refractivity contribution < 1.29 is 14.3 Å².